The molecule has 0 spiro atoms. The average molecular weight is 484 g/mol. The number of benzene rings is 2. The van der Waals surface area contributed by atoms with Gasteiger partial charge in [0.05, 0.1) is 34.7 Å². The molecule has 1 aliphatic rings. The molecule has 1 saturated heterocycles. The van der Waals surface area contributed by atoms with Gasteiger partial charge < -0.3 is 5.32 Å². The van der Waals surface area contributed by atoms with Gasteiger partial charge in [-0.1, -0.05) is 54.2 Å². The number of nitrogens with one attached hydrogen (secondary N) is 1. The number of rotatable bonds is 6. The molecule has 2 aromatic heterocycles. The Bertz CT molecular complexity index is 1510. The van der Waals surface area contributed by atoms with Crippen molar-refractivity contribution in [3.05, 3.63) is 70.5 Å². The predicted octanol–water partition coefficient (Wildman–Crippen LogP) is 1.49. The van der Waals surface area contributed by atoms with Crippen molar-refractivity contribution in [3.63, 3.8) is 0 Å². The van der Waals surface area contributed by atoms with Gasteiger partial charge in [-0.05, 0) is 24.1 Å². The summed E-state index contributed by atoms with van der Waals surface area (Å²) in [5, 5.41) is 12.3. The summed E-state index contributed by atoms with van der Waals surface area (Å²) in [5.41, 5.74) is 1.46. The van der Waals surface area contributed by atoms with Crippen LogP contribution in [0.25, 0.3) is 16.7 Å². The first kappa shape index (κ1) is 21.7. The molecule has 3 heterocycles. The van der Waals surface area contributed by atoms with E-state index in [1.165, 1.54) is 11.8 Å². The van der Waals surface area contributed by atoms with Crippen LogP contribution in [0.15, 0.2) is 64.5 Å². The highest BCUT2D eigenvalue weighted by atomic mass is 32.2. The largest absolute Gasteiger partial charge is 0.352 e. The van der Waals surface area contributed by atoms with Crippen molar-refractivity contribution < 1.29 is 13.2 Å². The van der Waals surface area contributed by atoms with Crippen molar-refractivity contribution in [3.8, 4) is 0 Å². The van der Waals surface area contributed by atoms with E-state index in [0.717, 1.165) is 5.56 Å². The molecule has 4 aromatic rings. The Hall–Kier alpha value is -3.18. The summed E-state index contributed by atoms with van der Waals surface area (Å²) in [6.07, 6.45) is 0.434. The monoisotopic (exact) mass is 483 g/mol. The Labute approximate surface area is 193 Å². The fraction of sp³-hybridized carbons (Fsp3) is 0.273. The van der Waals surface area contributed by atoms with Gasteiger partial charge in [0.2, 0.25) is 11.7 Å². The first-order chi connectivity index (χ1) is 15.9. The molecule has 11 heteroatoms. The highest BCUT2D eigenvalue weighted by molar-refractivity contribution is 7.99. The molecule has 1 unspecified atom stereocenters. The van der Waals surface area contributed by atoms with E-state index in [-0.39, 0.29) is 34.8 Å². The summed E-state index contributed by atoms with van der Waals surface area (Å²) in [5.74, 6) is 0.273. The van der Waals surface area contributed by atoms with Gasteiger partial charge in [-0.2, -0.15) is 0 Å². The van der Waals surface area contributed by atoms with Gasteiger partial charge in [0.15, 0.2) is 15.0 Å². The molecule has 33 heavy (non-hydrogen) atoms. The summed E-state index contributed by atoms with van der Waals surface area (Å²) in [4.78, 5) is 25.7. The number of sulfone groups is 1. The normalized spacial score (nSPS) is 17.5. The number of amides is 1. The first-order valence-electron chi connectivity index (χ1n) is 10.4. The van der Waals surface area contributed by atoms with Gasteiger partial charge in [0.25, 0.3) is 5.56 Å². The van der Waals surface area contributed by atoms with Crippen molar-refractivity contribution in [2.75, 3.05) is 17.3 Å². The molecule has 170 valence electrons. The minimum atomic E-state index is -3.07. The third kappa shape index (κ3) is 4.38. The van der Waals surface area contributed by atoms with Crippen LogP contribution < -0.4 is 10.9 Å². The summed E-state index contributed by atoms with van der Waals surface area (Å²) >= 11 is 1.20. The SMILES string of the molecule is O=C(CSc1nnc2n(Cc3ccccc3)c(=O)c3ccccc3n12)NC1CCS(=O)(=O)C1. The van der Waals surface area contributed by atoms with Crippen LogP contribution in [0.1, 0.15) is 12.0 Å². The highest BCUT2D eigenvalue weighted by Crippen LogP contribution is 2.22. The highest BCUT2D eigenvalue weighted by Gasteiger charge is 2.29. The van der Waals surface area contributed by atoms with E-state index >= 15 is 0 Å². The second kappa shape index (κ2) is 8.64. The fourth-order valence-electron chi connectivity index (χ4n) is 4.04. The van der Waals surface area contributed by atoms with Crippen molar-refractivity contribution >= 4 is 44.2 Å². The number of carbonyl (C=O) groups is 1. The third-order valence-corrected chi connectivity index (χ3v) is 8.29. The molecule has 1 aliphatic heterocycles. The van der Waals surface area contributed by atoms with E-state index in [4.69, 9.17) is 0 Å². The number of fused-ring (bicyclic) bond motifs is 3. The maximum absolute atomic E-state index is 13.2. The van der Waals surface area contributed by atoms with Crippen molar-refractivity contribution in [1.29, 1.82) is 0 Å². The van der Waals surface area contributed by atoms with Crippen LogP contribution in [-0.2, 0) is 21.2 Å². The lowest BCUT2D eigenvalue weighted by Gasteiger charge is -2.12. The number of aromatic nitrogens is 4. The van der Waals surface area contributed by atoms with E-state index in [1.54, 1.807) is 15.0 Å². The van der Waals surface area contributed by atoms with Gasteiger partial charge in [0.1, 0.15) is 0 Å². The standard InChI is InChI=1S/C22H21N5O4S2/c28-19(23-16-10-11-33(30,31)14-16)13-32-22-25-24-21-26(12-15-6-2-1-3-7-15)20(29)17-8-4-5-9-18(17)27(21)22/h1-9,16H,10-14H2,(H,23,28). The smallest absolute Gasteiger partial charge is 0.263 e. The Morgan fingerprint density at radius 2 is 1.85 bits per heavy atom. The lowest BCUT2D eigenvalue weighted by atomic mass is 10.2. The van der Waals surface area contributed by atoms with Gasteiger partial charge in [-0.3, -0.25) is 18.6 Å². The minimum absolute atomic E-state index is 0.0202. The van der Waals surface area contributed by atoms with Crippen molar-refractivity contribution in [2.24, 2.45) is 0 Å². The molecule has 0 bridgehead atoms. The van der Waals surface area contributed by atoms with Crippen molar-refractivity contribution in [2.45, 2.75) is 24.2 Å². The van der Waals surface area contributed by atoms with Gasteiger partial charge in [-0.25, -0.2) is 8.42 Å². The molecular formula is C22H21N5O4S2. The molecule has 2 aromatic carbocycles. The molecule has 0 radical (unpaired) electrons. The molecule has 1 amide bonds. The van der Waals surface area contributed by atoms with Crippen LogP contribution in [-0.4, -0.2) is 56.8 Å². The van der Waals surface area contributed by atoms with Crippen LogP contribution in [0.2, 0.25) is 0 Å². The Balaban J connectivity index is 1.46. The van der Waals surface area contributed by atoms with E-state index in [9.17, 15) is 18.0 Å². The molecule has 1 atom stereocenters. The van der Waals surface area contributed by atoms with E-state index < -0.39 is 9.84 Å². The third-order valence-electron chi connectivity index (χ3n) is 5.59. The molecule has 9 nitrogen and oxygen atoms in total. The van der Waals surface area contributed by atoms with Crippen molar-refractivity contribution in [1.82, 2.24) is 24.5 Å². The zero-order valence-electron chi connectivity index (χ0n) is 17.5. The number of hydrogen-bond donors (Lipinski definition) is 1. The zero-order chi connectivity index (χ0) is 23.0. The average Bonchev–Trinajstić information content (AvgIpc) is 3.38. The molecule has 0 aliphatic carbocycles. The Kier molecular flexibility index (Phi) is 5.67. The molecule has 5 rings (SSSR count). The van der Waals surface area contributed by atoms with Crippen LogP contribution in [0.5, 0.6) is 0 Å². The number of para-hydroxylation sites is 1. The van der Waals surface area contributed by atoms with Crippen LogP contribution >= 0.6 is 11.8 Å². The fourth-order valence-corrected chi connectivity index (χ4v) is 6.47. The second-order valence-corrected chi connectivity index (χ2v) is 11.1. The van der Waals surface area contributed by atoms with E-state index in [0.29, 0.717) is 34.8 Å². The number of nitrogens with zero attached hydrogens (tertiary/aromatic N) is 4. The number of hydrogen-bond acceptors (Lipinski definition) is 7. The summed E-state index contributed by atoms with van der Waals surface area (Å²) < 4.78 is 26.6. The second-order valence-electron chi connectivity index (χ2n) is 7.97. The first-order valence-corrected chi connectivity index (χ1v) is 13.3. The topological polar surface area (TPSA) is 115 Å². The van der Waals surface area contributed by atoms with E-state index in [2.05, 4.69) is 15.5 Å². The van der Waals surface area contributed by atoms with E-state index in [1.807, 2.05) is 48.5 Å². The van der Waals surface area contributed by atoms with Gasteiger partial charge in [-0.15, -0.1) is 10.2 Å². The maximum atomic E-state index is 13.2. The molecule has 1 fully saturated rings. The molecular weight excluding hydrogens is 462 g/mol. The van der Waals surface area contributed by atoms with Crippen LogP contribution in [0.4, 0.5) is 0 Å². The minimum Gasteiger partial charge on any atom is -0.352 e. The lowest BCUT2D eigenvalue weighted by Crippen LogP contribution is -2.36. The molecule has 1 N–H and O–H groups in total. The van der Waals surface area contributed by atoms with Crippen LogP contribution in [0.3, 0.4) is 0 Å². The number of carbonyl (C=O) groups excluding carboxylic acids is 1. The maximum Gasteiger partial charge on any atom is 0.263 e. The summed E-state index contributed by atoms with van der Waals surface area (Å²) in [6, 6.07) is 16.5. The zero-order valence-corrected chi connectivity index (χ0v) is 19.2. The Morgan fingerprint density at radius 1 is 1.09 bits per heavy atom. The quantitative estimate of drug-likeness (QED) is 0.413. The molecule has 0 saturated carbocycles. The predicted molar refractivity (Wildman–Crippen MR) is 126 cm³/mol. The van der Waals surface area contributed by atoms with Crippen LogP contribution in [0, 0.1) is 0 Å². The Morgan fingerprint density at radius 3 is 2.61 bits per heavy atom. The summed E-state index contributed by atoms with van der Waals surface area (Å²) in [6.45, 7) is 0.341. The van der Waals surface area contributed by atoms with Gasteiger partial charge in [0, 0.05) is 6.04 Å². The van der Waals surface area contributed by atoms with Gasteiger partial charge >= 0.3 is 0 Å². The number of thioether (sulfide) groups is 1. The lowest BCUT2D eigenvalue weighted by molar-refractivity contribution is -0.119. The summed E-state index contributed by atoms with van der Waals surface area (Å²) in [7, 11) is -3.07.